The molecule has 6 rings (SSSR count). The first kappa shape index (κ1) is 36.5. The fourth-order valence-electron chi connectivity index (χ4n) is 6.99. The molecule has 1 fully saturated rings. The molecule has 1 aliphatic rings. The first-order chi connectivity index (χ1) is 25.5. The van der Waals surface area contributed by atoms with Gasteiger partial charge >= 0.3 is 0 Å². The molecule has 0 spiro atoms. The van der Waals surface area contributed by atoms with Crippen LogP contribution in [0.2, 0.25) is 0 Å². The third-order valence-corrected chi connectivity index (χ3v) is 9.66. The second kappa shape index (κ2) is 17.3. The third kappa shape index (κ3) is 8.41. The van der Waals surface area contributed by atoms with Crippen LogP contribution in [0.1, 0.15) is 29.5 Å². The van der Waals surface area contributed by atoms with E-state index in [1.807, 2.05) is 36.7 Å². The largest absolute Gasteiger partial charge is 0.493 e. The Morgan fingerprint density at radius 3 is 1.50 bits per heavy atom. The lowest BCUT2D eigenvalue weighted by molar-refractivity contribution is 0.0933. The van der Waals surface area contributed by atoms with Gasteiger partial charge in [0.1, 0.15) is 0 Å². The molecule has 3 aromatic carbocycles. The number of methoxy groups -OCH3 is 6. The van der Waals surface area contributed by atoms with E-state index in [1.165, 1.54) is 16.7 Å². The molecule has 0 unspecified atom stereocenters. The number of pyridine rings is 2. The molecule has 10 heteroatoms. The van der Waals surface area contributed by atoms with Crippen LogP contribution in [-0.4, -0.2) is 81.6 Å². The first-order valence-electron chi connectivity index (χ1n) is 17.5. The van der Waals surface area contributed by atoms with Crippen molar-refractivity contribution >= 4 is 0 Å². The molecular weight excluding hydrogens is 656 g/mol. The molecule has 5 aromatic rings. The summed E-state index contributed by atoms with van der Waals surface area (Å²) in [6, 6.07) is 27.5. The van der Waals surface area contributed by atoms with Gasteiger partial charge < -0.3 is 28.4 Å². The fraction of sp³-hybridized carbons (Fsp3) is 0.333. The Balaban J connectivity index is 1.17. The highest BCUT2D eigenvalue weighted by atomic mass is 16.5. The zero-order chi connectivity index (χ0) is 36.5. The molecule has 0 aliphatic carbocycles. The number of aromatic nitrogens is 2. The van der Waals surface area contributed by atoms with Gasteiger partial charge in [-0.3, -0.25) is 19.8 Å². The molecule has 272 valence electrons. The van der Waals surface area contributed by atoms with Crippen LogP contribution in [0.15, 0.2) is 91.3 Å². The van der Waals surface area contributed by atoms with E-state index in [4.69, 9.17) is 33.4 Å². The second-order valence-electron chi connectivity index (χ2n) is 12.8. The van der Waals surface area contributed by atoms with E-state index < -0.39 is 0 Å². The summed E-state index contributed by atoms with van der Waals surface area (Å²) in [6.45, 7) is 4.54. The van der Waals surface area contributed by atoms with Gasteiger partial charge in [-0.2, -0.15) is 0 Å². The van der Waals surface area contributed by atoms with E-state index in [1.54, 1.807) is 42.7 Å². The topological polar surface area (TPSA) is 87.6 Å². The molecule has 2 aromatic heterocycles. The van der Waals surface area contributed by atoms with Crippen molar-refractivity contribution < 1.29 is 28.4 Å². The lowest BCUT2D eigenvalue weighted by atomic mass is 10.00. The monoisotopic (exact) mass is 704 g/mol. The van der Waals surface area contributed by atoms with Crippen LogP contribution >= 0.6 is 0 Å². The number of nitrogens with zero attached hydrogens (tertiary/aromatic N) is 4. The highest BCUT2D eigenvalue weighted by Crippen LogP contribution is 2.42. The maximum Gasteiger partial charge on any atom is 0.203 e. The number of hydrogen-bond donors (Lipinski definition) is 0. The van der Waals surface area contributed by atoms with Crippen LogP contribution in [0.5, 0.6) is 34.5 Å². The highest BCUT2D eigenvalue weighted by Gasteiger charge is 2.26. The molecule has 52 heavy (non-hydrogen) atoms. The molecule has 0 bridgehead atoms. The van der Waals surface area contributed by atoms with Crippen molar-refractivity contribution in [1.29, 1.82) is 0 Å². The van der Waals surface area contributed by atoms with E-state index >= 15 is 0 Å². The van der Waals surface area contributed by atoms with Gasteiger partial charge in [-0.25, -0.2) is 0 Å². The lowest BCUT2D eigenvalue weighted by Crippen LogP contribution is -2.44. The molecular formula is C42H48N4O6. The normalized spacial score (nSPS) is 13.5. The van der Waals surface area contributed by atoms with Crippen LogP contribution < -0.4 is 28.4 Å². The maximum absolute atomic E-state index is 5.62. The molecule has 1 aliphatic heterocycles. The number of ether oxygens (including phenoxy) is 6. The van der Waals surface area contributed by atoms with Crippen molar-refractivity contribution in [1.82, 2.24) is 19.8 Å². The van der Waals surface area contributed by atoms with Gasteiger partial charge in [0.2, 0.25) is 11.5 Å². The van der Waals surface area contributed by atoms with Gasteiger partial charge in [0.25, 0.3) is 0 Å². The van der Waals surface area contributed by atoms with E-state index in [0.717, 1.165) is 68.1 Å². The predicted octanol–water partition coefficient (Wildman–Crippen LogP) is 7.53. The Bertz CT molecular complexity index is 1880. The summed E-state index contributed by atoms with van der Waals surface area (Å²) in [5, 5.41) is 0. The lowest BCUT2D eigenvalue weighted by Gasteiger charge is -2.39. The maximum atomic E-state index is 5.62. The summed E-state index contributed by atoms with van der Waals surface area (Å²) in [5.41, 5.74) is 7.26. The number of hydrogen-bond acceptors (Lipinski definition) is 10. The summed E-state index contributed by atoms with van der Waals surface area (Å²) < 4.78 is 33.5. The molecule has 0 amide bonds. The minimum atomic E-state index is 0.432. The molecule has 1 saturated heterocycles. The minimum absolute atomic E-state index is 0.432. The zero-order valence-corrected chi connectivity index (χ0v) is 30.9. The van der Waals surface area contributed by atoms with E-state index in [0.29, 0.717) is 40.5 Å². The van der Waals surface area contributed by atoms with Crippen LogP contribution in [0, 0.1) is 0 Å². The summed E-state index contributed by atoms with van der Waals surface area (Å²) in [5.74, 6) is 3.55. The van der Waals surface area contributed by atoms with Gasteiger partial charge in [0, 0.05) is 49.2 Å². The van der Waals surface area contributed by atoms with Crippen molar-refractivity contribution in [2.24, 2.45) is 0 Å². The molecule has 10 nitrogen and oxygen atoms in total. The number of likely N-dealkylation sites (tertiary alicyclic amines) is 1. The van der Waals surface area contributed by atoms with Crippen LogP contribution in [0.4, 0.5) is 0 Å². The Hall–Kier alpha value is -5.32. The molecule has 0 saturated carbocycles. The average Bonchev–Trinajstić information content (AvgIpc) is 3.20. The predicted molar refractivity (Wildman–Crippen MR) is 203 cm³/mol. The first-order valence-corrected chi connectivity index (χ1v) is 17.5. The summed E-state index contributed by atoms with van der Waals surface area (Å²) >= 11 is 0. The SMILES string of the molecule is COc1cc(-c2cc(CN3CCC(N(Cc4ccccc4)Cc4ccnc(-c5cc(OC)c(OC)c(OC)c5)c4)CC3)ccn2)cc(OC)c1OC. The zero-order valence-electron chi connectivity index (χ0n) is 30.9. The Kier molecular flexibility index (Phi) is 12.1. The van der Waals surface area contributed by atoms with Crippen LogP contribution in [-0.2, 0) is 19.6 Å². The molecule has 0 N–H and O–H groups in total. The Morgan fingerprint density at radius 2 is 1.02 bits per heavy atom. The summed E-state index contributed by atoms with van der Waals surface area (Å²) in [4.78, 5) is 14.6. The van der Waals surface area contributed by atoms with Crippen molar-refractivity contribution in [3.63, 3.8) is 0 Å². The fourth-order valence-corrected chi connectivity index (χ4v) is 6.99. The number of rotatable bonds is 15. The van der Waals surface area contributed by atoms with Gasteiger partial charge in [0.05, 0.1) is 54.0 Å². The van der Waals surface area contributed by atoms with Gasteiger partial charge in [-0.05, 0) is 91.2 Å². The van der Waals surface area contributed by atoms with Crippen molar-refractivity contribution in [3.05, 3.63) is 108 Å². The number of piperidine rings is 1. The molecule has 3 heterocycles. The summed E-state index contributed by atoms with van der Waals surface area (Å²) in [7, 11) is 9.73. The standard InChI is InChI=1S/C42H48N4O6/c1-47-37-22-32(23-38(48-2)41(37)51-5)35-20-30(12-16-43-35)26-45-18-14-34(15-19-45)46(27-29-10-8-7-9-11-29)28-31-13-17-44-36(21-31)33-24-39(49-3)42(52-6)40(25-33)50-4/h7-13,16-17,20-25,34H,14-15,18-19,26-28H2,1-6H3. The van der Waals surface area contributed by atoms with E-state index in [-0.39, 0.29) is 0 Å². The van der Waals surface area contributed by atoms with Crippen molar-refractivity contribution in [2.75, 3.05) is 55.7 Å². The van der Waals surface area contributed by atoms with Gasteiger partial charge in [-0.15, -0.1) is 0 Å². The van der Waals surface area contributed by atoms with E-state index in [2.05, 4.69) is 69.4 Å². The number of benzene rings is 3. The highest BCUT2D eigenvalue weighted by molar-refractivity contribution is 5.70. The molecule has 0 radical (unpaired) electrons. The quantitative estimate of drug-likeness (QED) is 0.109. The second-order valence-corrected chi connectivity index (χ2v) is 12.8. The smallest absolute Gasteiger partial charge is 0.203 e. The molecule has 0 atom stereocenters. The van der Waals surface area contributed by atoms with Crippen molar-refractivity contribution in [3.8, 4) is 57.0 Å². The Labute approximate surface area is 306 Å². The van der Waals surface area contributed by atoms with E-state index in [9.17, 15) is 0 Å². The average molecular weight is 705 g/mol. The van der Waals surface area contributed by atoms with Crippen LogP contribution in [0.25, 0.3) is 22.5 Å². The Morgan fingerprint density at radius 1 is 0.558 bits per heavy atom. The van der Waals surface area contributed by atoms with Crippen molar-refractivity contribution in [2.45, 2.75) is 38.5 Å². The minimum Gasteiger partial charge on any atom is -0.493 e. The summed E-state index contributed by atoms with van der Waals surface area (Å²) in [6.07, 6.45) is 5.91. The van der Waals surface area contributed by atoms with Crippen LogP contribution in [0.3, 0.4) is 0 Å². The van der Waals surface area contributed by atoms with Gasteiger partial charge in [0.15, 0.2) is 23.0 Å². The third-order valence-electron chi connectivity index (χ3n) is 9.66. The van der Waals surface area contributed by atoms with Gasteiger partial charge in [-0.1, -0.05) is 30.3 Å².